The van der Waals surface area contributed by atoms with Gasteiger partial charge in [-0.1, -0.05) is 0 Å². The number of ether oxygens (including phenoxy) is 2. The van der Waals surface area contributed by atoms with Crippen molar-refractivity contribution in [1.82, 2.24) is 4.98 Å². The average Bonchev–Trinajstić information content (AvgIpc) is 2.29. The summed E-state index contributed by atoms with van der Waals surface area (Å²) in [5.74, 6) is 0.671. The first-order chi connectivity index (χ1) is 7.64. The molecule has 2 rings (SSSR count). The van der Waals surface area contributed by atoms with Gasteiger partial charge < -0.3 is 14.6 Å². The summed E-state index contributed by atoms with van der Waals surface area (Å²) in [6.45, 7) is 2.55. The lowest BCUT2D eigenvalue weighted by atomic mass is 9.85. The van der Waals surface area contributed by atoms with Gasteiger partial charge >= 0.3 is 0 Å². The molecule has 2 unspecified atom stereocenters. The summed E-state index contributed by atoms with van der Waals surface area (Å²) < 4.78 is 10.6. The first kappa shape index (κ1) is 11.4. The van der Waals surface area contributed by atoms with Gasteiger partial charge in [-0.3, -0.25) is 4.98 Å². The SMILES string of the molecule is COc1cncc(C2(O)CCOC(C)C2)c1. The fourth-order valence-electron chi connectivity index (χ4n) is 2.11. The van der Waals surface area contributed by atoms with Crippen molar-refractivity contribution in [3.8, 4) is 5.75 Å². The van der Waals surface area contributed by atoms with Gasteiger partial charge in [0.1, 0.15) is 5.75 Å². The van der Waals surface area contributed by atoms with Gasteiger partial charge in [0, 0.05) is 24.6 Å². The third kappa shape index (κ3) is 2.18. The van der Waals surface area contributed by atoms with Crippen molar-refractivity contribution in [1.29, 1.82) is 0 Å². The highest BCUT2D eigenvalue weighted by Gasteiger charge is 2.35. The summed E-state index contributed by atoms with van der Waals surface area (Å²) in [6, 6.07) is 1.84. The molecular weight excluding hydrogens is 206 g/mol. The van der Waals surface area contributed by atoms with Crippen LogP contribution >= 0.6 is 0 Å². The monoisotopic (exact) mass is 223 g/mol. The minimum Gasteiger partial charge on any atom is -0.495 e. The number of aliphatic hydroxyl groups is 1. The zero-order chi connectivity index (χ0) is 11.6. The molecule has 0 bridgehead atoms. The molecular formula is C12H17NO3. The van der Waals surface area contributed by atoms with Crippen LogP contribution in [0.1, 0.15) is 25.3 Å². The molecule has 0 radical (unpaired) electrons. The molecule has 0 aliphatic carbocycles. The van der Waals surface area contributed by atoms with Crippen LogP contribution in [0, 0.1) is 0 Å². The van der Waals surface area contributed by atoms with Crippen molar-refractivity contribution < 1.29 is 14.6 Å². The third-order valence-electron chi connectivity index (χ3n) is 3.03. The van der Waals surface area contributed by atoms with Crippen molar-refractivity contribution in [3.63, 3.8) is 0 Å². The third-order valence-corrected chi connectivity index (χ3v) is 3.03. The number of rotatable bonds is 2. The molecule has 1 fully saturated rings. The molecule has 1 aliphatic rings. The lowest BCUT2D eigenvalue weighted by Gasteiger charge is -2.35. The maximum absolute atomic E-state index is 10.6. The highest BCUT2D eigenvalue weighted by molar-refractivity contribution is 5.28. The maximum atomic E-state index is 10.6. The molecule has 4 heteroatoms. The Labute approximate surface area is 95.2 Å². The Morgan fingerprint density at radius 1 is 1.56 bits per heavy atom. The van der Waals surface area contributed by atoms with Crippen LogP contribution in [-0.2, 0) is 10.3 Å². The molecule has 1 N–H and O–H groups in total. The van der Waals surface area contributed by atoms with E-state index in [0.717, 1.165) is 5.56 Å². The second kappa shape index (κ2) is 4.39. The van der Waals surface area contributed by atoms with Gasteiger partial charge in [0.25, 0.3) is 0 Å². The molecule has 16 heavy (non-hydrogen) atoms. The number of hydrogen-bond donors (Lipinski definition) is 1. The van der Waals surface area contributed by atoms with Gasteiger partial charge in [0.15, 0.2) is 0 Å². The average molecular weight is 223 g/mol. The van der Waals surface area contributed by atoms with E-state index in [4.69, 9.17) is 9.47 Å². The van der Waals surface area contributed by atoms with E-state index in [9.17, 15) is 5.11 Å². The van der Waals surface area contributed by atoms with E-state index in [1.165, 1.54) is 0 Å². The molecule has 1 aromatic heterocycles. The normalized spacial score (nSPS) is 30.1. The predicted molar refractivity (Wildman–Crippen MR) is 59.3 cm³/mol. The number of pyridine rings is 1. The highest BCUT2D eigenvalue weighted by atomic mass is 16.5. The molecule has 0 aromatic carbocycles. The number of aromatic nitrogens is 1. The topological polar surface area (TPSA) is 51.6 Å². The van der Waals surface area contributed by atoms with Crippen LogP contribution in [0.15, 0.2) is 18.5 Å². The van der Waals surface area contributed by atoms with Crippen molar-refractivity contribution >= 4 is 0 Å². The minimum absolute atomic E-state index is 0.0740. The summed E-state index contributed by atoms with van der Waals surface area (Å²) in [5, 5.41) is 10.6. The largest absolute Gasteiger partial charge is 0.495 e. The highest BCUT2D eigenvalue weighted by Crippen LogP contribution is 2.35. The molecule has 1 aliphatic heterocycles. The molecule has 1 saturated heterocycles. The zero-order valence-corrected chi connectivity index (χ0v) is 9.64. The molecule has 0 spiro atoms. The van der Waals surface area contributed by atoms with Crippen LogP contribution in [-0.4, -0.2) is 29.9 Å². The molecule has 0 amide bonds. The van der Waals surface area contributed by atoms with E-state index in [0.29, 0.717) is 25.2 Å². The second-order valence-electron chi connectivity index (χ2n) is 4.28. The van der Waals surface area contributed by atoms with Gasteiger partial charge in [0.05, 0.1) is 31.6 Å². The molecule has 4 nitrogen and oxygen atoms in total. The Morgan fingerprint density at radius 3 is 3.06 bits per heavy atom. The van der Waals surface area contributed by atoms with Crippen LogP contribution in [0.3, 0.4) is 0 Å². The van der Waals surface area contributed by atoms with Crippen molar-refractivity contribution in [2.45, 2.75) is 31.5 Å². The Balaban J connectivity index is 2.27. The fourth-order valence-corrected chi connectivity index (χ4v) is 2.11. The van der Waals surface area contributed by atoms with E-state index < -0.39 is 5.60 Å². The lowest BCUT2D eigenvalue weighted by molar-refractivity contribution is -0.101. The molecule has 2 atom stereocenters. The number of methoxy groups -OCH3 is 1. The summed E-state index contributed by atoms with van der Waals surface area (Å²) >= 11 is 0. The van der Waals surface area contributed by atoms with Gasteiger partial charge in [-0.25, -0.2) is 0 Å². The number of hydrogen-bond acceptors (Lipinski definition) is 4. The smallest absolute Gasteiger partial charge is 0.137 e. The lowest BCUT2D eigenvalue weighted by Crippen LogP contribution is -2.37. The Hall–Kier alpha value is -1.13. The summed E-state index contributed by atoms with van der Waals surface area (Å²) in [6.07, 6.45) is 4.61. The first-order valence-corrected chi connectivity index (χ1v) is 5.47. The number of nitrogens with zero attached hydrogens (tertiary/aromatic N) is 1. The van der Waals surface area contributed by atoms with E-state index in [1.54, 1.807) is 19.5 Å². The van der Waals surface area contributed by atoms with Crippen LogP contribution in [0.4, 0.5) is 0 Å². The van der Waals surface area contributed by atoms with E-state index in [2.05, 4.69) is 4.98 Å². The van der Waals surface area contributed by atoms with Gasteiger partial charge in [0.2, 0.25) is 0 Å². The van der Waals surface area contributed by atoms with Crippen molar-refractivity contribution in [2.75, 3.05) is 13.7 Å². The molecule has 2 heterocycles. The summed E-state index contributed by atoms with van der Waals surface area (Å²) in [5.41, 5.74) is -0.0267. The Morgan fingerprint density at radius 2 is 2.38 bits per heavy atom. The van der Waals surface area contributed by atoms with E-state index in [1.807, 2.05) is 13.0 Å². The van der Waals surface area contributed by atoms with Crippen molar-refractivity contribution in [3.05, 3.63) is 24.0 Å². The predicted octanol–water partition coefficient (Wildman–Crippen LogP) is 1.48. The van der Waals surface area contributed by atoms with Crippen LogP contribution < -0.4 is 4.74 Å². The van der Waals surface area contributed by atoms with Crippen LogP contribution in [0.25, 0.3) is 0 Å². The summed E-state index contributed by atoms with van der Waals surface area (Å²) in [4.78, 5) is 4.08. The first-order valence-electron chi connectivity index (χ1n) is 5.47. The Kier molecular flexibility index (Phi) is 3.12. The zero-order valence-electron chi connectivity index (χ0n) is 9.64. The fraction of sp³-hybridized carbons (Fsp3) is 0.583. The quantitative estimate of drug-likeness (QED) is 0.825. The molecule has 88 valence electrons. The van der Waals surface area contributed by atoms with Crippen LogP contribution in [0.2, 0.25) is 0 Å². The second-order valence-corrected chi connectivity index (χ2v) is 4.28. The van der Waals surface area contributed by atoms with Crippen molar-refractivity contribution in [2.24, 2.45) is 0 Å². The Bertz CT molecular complexity index is 369. The molecule has 0 saturated carbocycles. The standard InChI is InChI=1S/C12H17NO3/c1-9-6-12(14,3-4-16-9)10-5-11(15-2)8-13-7-10/h5,7-9,14H,3-4,6H2,1-2H3. The van der Waals surface area contributed by atoms with E-state index in [-0.39, 0.29) is 6.10 Å². The summed E-state index contributed by atoms with van der Waals surface area (Å²) in [7, 11) is 1.59. The molecule has 1 aromatic rings. The van der Waals surface area contributed by atoms with Gasteiger partial charge in [-0.05, 0) is 13.0 Å². The van der Waals surface area contributed by atoms with Gasteiger partial charge in [-0.2, -0.15) is 0 Å². The van der Waals surface area contributed by atoms with Gasteiger partial charge in [-0.15, -0.1) is 0 Å². The van der Waals surface area contributed by atoms with Crippen LogP contribution in [0.5, 0.6) is 5.75 Å². The maximum Gasteiger partial charge on any atom is 0.137 e. The minimum atomic E-state index is -0.834. The van der Waals surface area contributed by atoms with E-state index >= 15 is 0 Å².